The molecule has 1 unspecified atom stereocenters. The van der Waals surface area contributed by atoms with Crippen molar-refractivity contribution in [2.24, 2.45) is 10.9 Å². The van der Waals surface area contributed by atoms with Crippen LogP contribution >= 0.6 is 11.3 Å². The van der Waals surface area contributed by atoms with E-state index in [1.807, 2.05) is 42.6 Å². The Labute approximate surface area is 169 Å². The third-order valence-corrected chi connectivity index (χ3v) is 6.51. The van der Waals surface area contributed by atoms with Gasteiger partial charge < -0.3 is 4.74 Å². The lowest BCUT2D eigenvalue weighted by atomic mass is 9.71. The monoisotopic (exact) mass is 393 g/mol. The number of hydrogen-bond donors (Lipinski definition) is 0. The molecule has 4 nitrogen and oxygen atoms in total. The number of allylic oxidation sites excluding steroid dienone is 2. The van der Waals surface area contributed by atoms with Gasteiger partial charge in [0.25, 0.3) is 0 Å². The molecule has 0 radical (unpaired) electrons. The minimum atomic E-state index is -0.533. The second-order valence-electron chi connectivity index (χ2n) is 7.28. The smallest absolute Gasteiger partial charge is 0.315 e. The van der Waals surface area contributed by atoms with Crippen molar-refractivity contribution in [2.75, 3.05) is 6.61 Å². The summed E-state index contributed by atoms with van der Waals surface area (Å²) in [4.78, 5) is 31.8. The van der Waals surface area contributed by atoms with E-state index in [0.29, 0.717) is 18.6 Å². The van der Waals surface area contributed by atoms with E-state index in [-0.39, 0.29) is 23.6 Å². The molecule has 144 valence electrons. The molecular weight excluding hydrogens is 370 g/mol. The molecule has 0 saturated carbocycles. The van der Waals surface area contributed by atoms with Crippen LogP contribution in [0, 0.1) is 5.92 Å². The molecule has 4 rings (SSSR count). The number of benzene rings is 1. The predicted molar refractivity (Wildman–Crippen MR) is 111 cm³/mol. The number of Topliss-reactive ketones (excluding diaryl/α,β-unsaturated/α-hetero) is 1. The van der Waals surface area contributed by atoms with E-state index in [2.05, 4.69) is 12.1 Å². The molecule has 0 bridgehead atoms. The molecule has 0 amide bonds. The molecule has 1 aromatic heterocycles. The molecule has 1 aliphatic carbocycles. The van der Waals surface area contributed by atoms with Crippen molar-refractivity contribution in [3.63, 3.8) is 0 Å². The Balaban J connectivity index is 1.77. The first-order chi connectivity index (χ1) is 13.6. The van der Waals surface area contributed by atoms with Gasteiger partial charge in [0, 0.05) is 34.2 Å². The number of carbonyl (C=O) groups excluding carboxylic acids is 2. The zero-order valence-corrected chi connectivity index (χ0v) is 16.9. The Morgan fingerprint density at radius 2 is 1.96 bits per heavy atom. The minimum absolute atomic E-state index is 0.0963. The van der Waals surface area contributed by atoms with Crippen LogP contribution in [0.5, 0.6) is 0 Å². The molecule has 1 aromatic carbocycles. The van der Waals surface area contributed by atoms with Gasteiger partial charge in [-0.3, -0.25) is 14.6 Å². The Bertz CT molecular complexity index is 943. The Morgan fingerprint density at radius 3 is 2.64 bits per heavy atom. The number of nitrogens with zero attached hydrogens (tertiary/aromatic N) is 1. The number of ether oxygens (including phenoxy) is 1. The van der Waals surface area contributed by atoms with Gasteiger partial charge in [-0.05, 0) is 43.2 Å². The first-order valence-corrected chi connectivity index (χ1v) is 10.5. The number of hydrogen-bond acceptors (Lipinski definition) is 5. The lowest BCUT2D eigenvalue weighted by Crippen LogP contribution is -2.37. The van der Waals surface area contributed by atoms with Crippen LogP contribution in [0.1, 0.15) is 49.0 Å². The van der Waals surface area contributed by atoms with Crippen LogP contribution in [-0.4, -0.2) is 24.1 Å². The number of rotatable bonds is 4. The molecule has 0 N–H and O–H groups in total. The van der Waals surface area contributed by atoms with E-state index < -0.39 is 5.92 Å². The van der Waals surface area contributed by atoms with Crippen molar-refractivity contribution in [2.45, 2.75) is 38.5 Å². The van der Waals surface area contributed by atoms with Crippen molar-refractivity contribution < 1.29 is 14.3 Å². The first kappa shape index (κ1) is 18.8. The summed E-state index contributed by atoms with van der Waals surface area (Å²) in [5.74, 6) is -0.900. The minimum Gasteiger partial charge on any atom is -0.465 e. The lowest BCUT2D eigenvalue weighted by molar-refractivity contribution is -0.146. The van der Waals surface area contributed by atoms with E-state index in [1.54, 1.807) is 18.3 Å². The summed E-state index contributed by atoms with van der Waals surface area (Å²) < 4.78 is 5.34. The molecule has 2 heterocycles. The molecule has 2 aromatic rings. The van der Waals surface area contributed by atoms with Gasteiger partial charge in [0.05, 0.1) is 6.61 Å². The SMILES string of the molecule is CCOC(=O)C1C(C)=NC2=C(C(=O)C[C@H](c3ccccc3)C2)[C@H]1c1cccs1. The fourth-order valence-corrected chi connectivity index (χ4v) is 5.21. The van der Waals surface area contributed by atoms with Crippen molar-refractivity contribution >= 4 is 28.8 Å². The molecule has 0 saturated heterocycles. The number of carbonyl (C=O) groups is 2. The number of esters is 1. The fourth-order valence-electron chi connectivity index (χ4n) is 4.33. The lowest BCUT2D eigenvalue weighted by Gasteiger charge is -2.35. The zero-order chi connectivity index (χ0) is 19.7. The molecule has 2 aliphatic rings. The Morgan fingerprint density at radius 1 is 1.18 bits per heavy atom. The van der Waals surface area contributed by atoms with Crippen molar-refractivity contribution in [1.82, 2.24) is 0 Å². The summed E-state index contributed by atoms with van der Waals surface area (Å²) in [5, 5.41) is 1.99. The molecular formula is C23H23NO3S. The molecule has 0 spiro atoms. The van der Waals surface area contributed by atoms with Gasteiger partial charge in [0.1, 0.15) is 5.92 Å². The van der Waals surface area contributed by atoms with Gasteiger partial charge >= 0.3 is 5.97 Å². The van der Waals surface area contributed by atoms with Crippen LogP contribution in [0.4, 0.5) is 0 Å². The summed E-state index contributed by atoms with van der Waals surface area (Å²) in [5.41, 5.74) is 3.44. The molecule has 28 heavy (non-hydrogen) atoms. The largest absolute Gasteiger partial charge is 0.465 e. The highest BCUT2D eigenvalue weighted by Crippen LogP contribution is 2.47. The van der Waals surface area contributed by atoms with Crippen LogP contribution in [0.2, 0.25) is 0 Å². The summed E-state index contributed by atoms with van der Waals surface area (Å²) in [6.07, 6.45) is 1.18. The van der Waals surface area contributed by atoms with Gasteiger partial charge in [0.2, 0.25) is 0 Å². The Hall–Kier alpha value is -2.53. The number of ketones is 1. The van der Waals surface area contributed by atoms with Gasteiger partial charge in [-0.2, -0.15) is 0 Å². The fraction of sp³-hybridized carbons (Fsp3) is 0.348. The van der Waals surface area contributed by atoms with Gasteiger partial charge in [0.15, 0.2) is 5.78 Å². The quantitative estimate of drug-likeness (QED) is 0.695. The van der Waals surface area contributed by atoms with Crippen molar-refractivity contribution in [1.29, 1.82) is 0 Å². The molecule has 5 heteroatoms. The molecule has 0 fully saturated rings. The van der Waals surface area contributed by atoms with Crippen molar-refractivity contribution in [3.05, 3.63) is 69.6 Å². The summed E-state index contributed by atoms with van der Waals surface area (Å²) in [6.45, 7) is 3.99. The summed E-state index contributed by atoms with van der Waals surface area (Å²) in [6, 6.07) is 14.1. The topological polar surface area (TPSA) is 55.7 Å². The number of thiophene rings is 1. The first-order valence-electron chi connectivity index (χ1n) is 9.66. The van der Waals surface area contributed by atoms with E-state index >= 15 is 0 Å². The van der Waals surface area contributed by atoms with Crippen molar-refractivity contribution in [3.8, 4) is 0 Å². The highest BCUT2D eigenvalue weighted by atomic mass is 32.1. The van der Waals surface area contributed by atoms with Crippen LogP contribution in [0.15, 0.2) is 64.1 Å². The summed E-state index contributed by atoms with van der Waals surface area (Å²) in [7, 11) is 0. The average Bonchev–Trinajstić information content (AvgIpc) is 3.22. The van der Waals surface area contributed by atoms with Crippen LogP contribution in [0.25, 0.3) is 0 Å². The molecule has 1 aliphatic heterocycles. The van der Waals surface area contributed by atoms with Gasteiger partial charge in [-0.1, -0.05) is 36.4 Å². The van der Waals surface area contributed by atoms with Gasteiger partial charge in [-0.25, -0.2) is 0 Å². The highest BCUT2D eigenvalue weighted by Gasteiger charge is 2.45. The van der Waals surface area contributed by atoms with Crippen LogP contribution in [0.3, 0.4) is 0 Å². The standard InChI is InChI=1S/C23H23NO3S/c1-3-27-23(26)20-14(2)24-17-12-16(15-8-5-4-6-9-15)13-18(25)21(17)22(20)19-10-7-11-28-19/h4-11,16,20,22H,3,12-13H2,1-2H3/t16-,20?,22+/m1/s1. The maximum atomic E-state index is 13.3. The third kappa shape index (κ3) is 3.35. The Kier molecular flexibility index (Phi) is 5.27. The second-order valence-corrected chi connectivity index (χ2v) is 8.25. The maximum Gasteiger partial charge on any atom is 0.315 e. The normalized spacial score (nSPS) is 24.6. The van der Waals surface area contributed by atoms with E-state index in [1.165, 1.54) is 0 Å². The predicted octanol–water partition coefficient (Wildman–Crippen LogP) is 4.89. The van der Waals surface area contributed by atoms with E-state index in [9.17, 15) is 9.59 Å². The molecule has 3 atom stereocenters. The zero-order valence-electron chi connectivity index (χ0n) is 16.1. The van der Waals surface area contributed by atoms with Crippen LogP contribution < -0.4 is 0 Å². The average molecular weight is 394 g/mol. The van der Waals surface area contributed by atoms with E-state index in [0.717, 1.165) is 28.3 Å². The second kappa shape index (κ2) is 7.84. The van der Waals surface area contributed by atoms with Gasteiger partial charge in [-0.15, -0.1) is 11.3 Å². The maximum absolute atomic E-state index is 13.3. The number of aliphatic imine (C=N–C) groups is 1. The van der Waals surface area contributed by atoms with Crippen LogP contribution in [-0.2, 0) is 14.3 Å². The third-order valence-electron chi connectivity index (χ3n) is 5.55. The highest BCUT2D eigenvalue weighted by molar-refractivity contribution is 7.10. The van der Waals surface area contributed by atoms with E-state index in [4.69, 9.17) is 9.73 Å². The summed E-state index contributed by atoms with van der Waals surface area (Å²) >= 11 is 1.58.